The number of anilines is 2. The third-order valence-electron chi connectivity index (χ3n) is 5.87. The first kappa shape index (κ1) is 29.2. The predicted molar refractivity (Wildman–Crippen MR) is 143 cm³/mol. The molecule has 0 unspecified atom stereocenters. The summed E-state index contributed by atoms with van der Waals surface area (Å²) in [6, 6.07) is 9.85. The first-order chi connectivity index (χ1) is 18.1. The first-order valence-electron chi connectivity index (χ1n) is 12.7. The van der Waals surface area contributed by atoms with Gasteiger partial charge >= 0.3 is 6.09 Å². The number of alkyl carbamates (subject to hydrolysis) is 1. The van der Waals surface area contributed by atoms with Gasteiger partial charge in [-0.2, -0.15) is 0 Å². The van der Waals surface area contributed by atoms with Gasteiger partial charge in [0.05, 0.1) is 24.5 Å². The number of benzene rings is 2. The van der Waals surface area contributed by atoms with Crippen LogP contribution in [0.15, 0.2) is 36.4 Å². The predicted octanol–water partition coefficient (Wildman–Crippen LogP) is 4.88. The zero-order valence-electron chi connectivity index (χ0n) is 22.8. The van der Waals surface area contributed by atoms with E-state index >= 15 is 4.39 Å². The van der Waals surface area contributed by atoms with Gasteiger partial charge in [-0.25, -0.2) is 9.18 Å². The Hall–Kier alpha value is -3.37. The Labute approximate surface area is 223 Å². The minimum atomic E-state index is -0.558. The Morgan fingerprint density at radius 1 is 1.08 bits per heavy atom. The molecule has 0 atom stereocenters. The molecule has 2 aromatic rings. The number of rotatable bonds is 10. The number of halogens is 1. The number of carbonyl (C=O) groups is 2. The van der Waals surface area contributed by atoms with Gasteiger partial charge in [0.2, 0.25) is 0 Å². The van der Waals surface area contributed by atoms with Gasteiger partial charge in [0, 0.05) is 31.9 Å². The lowest BCUT2D eigenvalue weighted by Crippen LogP contribution is -2.46. The second-order valence-electron chi connectivity index (χ2n) is 10.2. The van der Waals surface area contributed by atoms with E-state index in [0.717, 1.165) is 5.56 Å². The first-order valence-corrected chi connectivity index (χ1v) is 12.7. The summed E-state index contributed by atoms with van der Waals surface area (Å²) < 4.78 is 36.3. The summed E-state index contributed by atoms with van der Waals surface area (Å²) in [5.41, 5.74) is 1.43. The van der Waals surface area contributed by atoms with Gasteiger partial charge < -0.3 is 34.5 Å². The molecule has 1 heterocycles. The van der Waals surface area contributed by atoms with E-state index in [0.29, 0.717) is 61.8 Å². The molecule has 1 saturated heterocycles. The summed E-state index contributed by atoms with van der Waals surface area (Å²) in [5, 5.41) is 5.64. The van der Waals surface area contributed by atoms with E-state index in [4.69, 9.17) is 18.9 Å². The van der Waals surface area contributed by atoms with Gasteiger partial charge in [-0.15, -0.1) is 0 Å². The second kappa shape index (κ2) is 13.4. The van der Waals surface area contributed by atoms with E-state index in [1.54, 1.807) is 31.4 Å². The van der Waals surface area contributed by atoms with Crippen LogP contribution in [0.2, 0.25) is 0 Å². The molecule has 0 spiro atoms. The number of nitrogens with zero attached hydrogens (tertiary/aromatic N) is 1. The van der Waals surface area contributed by atoms with Crippen LogP contribution in [0.25, 0.3) is 0 Å². The molecule has 0 radical (unpaired) electrons. The quantitative estimate of drug-likeness (QED) is 0.333. The maximum absolute atomic E-state index is 15.1. The van der Waals surface area contributed by atoms with Gasteiger partial charge in [-0.3, -0.25) is 4.79 Å². The minimum absolute atomic E-state index is 0.0278. The molecule has 0 aliphatic carbocycles. The second-order valence-corrected chi connectivity index (χ2v) is 10.2. The standard InChI is InChI=1S/C28H38FN3O6/c1-19-6-9-25(37-18-36-15-14-35-5)22(16-19)26(33)30-21-7-8-24(23(29)17-21)32-12-10-20(11-13-32)31-27(34)38-28(2,3)4/h6-9,16-17,20H,10-15,18H2,1-5H3,(H,30,33)(H,31,34). The summed E-state index contributed by atoms with van der Waals surface area (Å²) in [5.74, 6) is -0.485. The number of ether oxygens (including phenoxy) is 4. The fourth-order valence-electron chi connectivity index (χ4n) is 4.03. The Morgan fingerprint density at radius 3 is 2.47 bits per heavy atom. The van der Waals surface area contributed by atoms with Crippen molar-refractivity contribution >= 4 is 23.4 Å². The zero-order chi connectivity index (χ0) is 27.7. The van der Waals surface area contributed by atoms with Crippen molar-refractivity contribution in [2.45, 2.75) is 52.2 Å². The third kappa shape index (κ3) is 8.88. The largest absolute Gasteiger partial charge is 0.467 e. The summed E-state index contributed by atoms with van der Waals surface area (Å²) in [6.07, 6.45) is 0.897. The molecule has 2 aromatic carbocycles. The molecule has 0 aromatic heterocycles. The minimum Gasteiger partial charge on any atom is -0.467 e. The van der Waals surface area contributed by atoms with E-state index < -0.39 is 23.4 Å². The number of amides is 2. The van der Waals surface area contributed by atoms with E-state index in [-0.39, 0.29) is 12.8 Å². The molecule has 10 heteroatoms. The number of nitrogens with one attached hydrogen (secondary N) is 2. The van der Waals surface area contributed by atoms with Crippen molar-refractivity contribution in [1.82, 2.24) is 5.32 Å². The van der Waals surface area contributed by atoms with Crippen LogP contribution in [0, 0.1) is 12.7 Å². The highest BCUT2D eigenvalue weighted by Gasteiger charge is 2.25. The average molecular weight is 532 g/mol. The Bertz CT molecular complexity index is 1100. The monoisotopic (exact) mass is 531 g/mol. The average Bonchev–Trinajstić information content (AvgIpc) is 2.84. The van der Waals surface area contributed by atoms with Crippen LogP contribution in [-0.2, 0) is 14.2 Å². The molecular formula is C28H38FN3O6. The molecule has 1 aliphatic heterocycles. The Morgan fingerprint density at radius 2 is 1.82 bits per heavy atom. The van der Waals surface area contributed by atoms with Crippen LogP contribution in [0.1, 0.15) is 49.5 Å². The fraction of sp³-hybridized carbons (Fsp3) is 0.500. The number of hydrogen-bond acceptors (Lipinski definition) is 7. The van der Waals surface area contributed by atoms with Crippen molar-refractivity contribution in [2.75, 3.05) is 50.4 Å². The van der Waals surface area contributed by atoms with Gasteiger partial charge in [0.15, 0.2) is 6.79 Å². The van der Waals surface area contributed by atoms with Gasteiger partial charge in [-0.1, -0.05) is 11.6 Å². The SMILES string of the molecule is COCCOCOc1ccc(C)cc1C(=O)Nc1ccc(N2CCC(NC(=O)OC(C)(C)C)CC2)c(F)c1. The lowest BCUT2D eigenvalue weighted by molar-refractivity contribution is -0.00873. The van der Waals surface area contributed by atoms with Gasteiger partial charge in [0.25, 0.3) is 5.91 Å². The van der Waals surface area contributed by atoms with Crippen LogP contribution in [0.5, 0.6) is 5.75 Å². The smallest absolute Gasteiger partial charge is 0.407 e. The van der Waals surface area contributed by atoms with Crippen molar-refractivity contribution in [3.63, 3.8) is 0 Å². The fourth-order valence-corrected chi connectivity index (χ4v) is 4.03. The van der Waals surface area contributed by atoms with Gasteiger partial charge in [-0.05, 0) is 70.9 Å². The van der Waals surface area contributed by atoms with Crippen LogP contribution in [0.3, 0.4) is 0 Å². The van der Waals surface area contributed by atoms with Crippen molar-refractivity contribution in [3.8, 4) is 5.75 Å². The van der Waals surface area contributed by atoms with Crippen molar-refractivity contribution < 1.29 is 32.9 Å². The zero-order valence-corrected chi connectivity index (χ0v) is 22.8. The lowest BCUT2D eigenvalue weighted by atomic mass is 10.0. The molecule has 1 aliphatic rings. The summed E-state index contributed by atoms with van der Waals surface area (Å²) >= 11 is 0. The number of carbonyl (C=O) groups excluding carboxylic acids is 2. The summed E-state index contributed by atoms with van der Waals surface area (Å²) in [6.45, 7) is 9.27. The van der Waals surface area contributed by atoms with Crippen molar-refractivity contribution in [2.24, 2.45) is 0 Å². The highest BCUT2D eigenvalue weighted by Crippen LogP contribution is 2.27. The molecule has 0 bridgehead atoms. The summed E-state index contributed by atoms with van der Waals surface area (Å²) in [4.78, 5) is 27.0. The van der Waals surface area contributed by atoms with E-state index in [2.05, 4.69) is 10.6 Å². The van der Waals surface area contributed by atoms with E-state index in [1.807, 2.05) is 38.7 Å². The molecule has 2 amide bonds. The molecule has 0 saturated carbocycles. The van der Waals surface area contributed by atoms with E-state index in [1.165, 1.54) is 6.07 Å². The highest BCUT2D eigenvalue weighted by molar-refractivity contribution is 6.06. The number of hydrogen-bond donors (Lipinski definition) is 2. The van der Waals surface area contributed by atoms with Gasteiger partial charge in [0.1, 0.15) is 17.2 Å². The molecule has 2 N–H and O–H groups in total. The van der Waals surface area contributed by atoms with Crippen LogP contribution < -0.4 is 20.3 Å². The maximum atomic E-state index is 15.1. The number of methoxy groups -OCH3 is 1. The van der Waals surface area contributed by atoms with Crippen LogP contribution >= 0.6 is 0 Å². The third-order valence-corrected chi connectivity index (χ3v) is 5.87. The maximum Gasteiger partial charge on any atom is 0.407 e. The normalized spacial score (nSPS) is 14.2. The van der Waals surface area contributed by atoms with Crippen molar-refractivity contribution in [3.05, 3.63) is 53.3 Å². The Balaban J connectivity index is 1.58. The topological polar surface area (TPSA) is 98.4 Å². The van der Waals surface area contributed by atoms with Crippen molar-refractivity contribution in [1.29, 1.82) is 0 Å². The molecular weight excluding hydrogens is 493 g/mol. The number of piperidine rings is 1. The molecule has 208 valence electrons. The van der Waals surface area contributed by atoms with E-state index in [9.17, 15) is 9.59 Å². The summed E-state index contributed by atoms with van der Waals surface area (Å²) in [7, 11) is 1.58. The lowest BCUT2D eigenvalue weighted by Gasteiger charge is -2.34. The Kier molecular flexibility index (Phi) is 10.3. The highest BCUT2D eigenvalue weighted by atomic mass is 19.1. The number of aryl methyl sites for hydroxylation is 1. The molecule has 38 heavy (non-hydrogen) atoms. The van der Waals surface area contributed by atoms with Crippen LogP contribution in [-0.4, -0.2) is 63.8 Å². The molecule has 9 nitrogen and oxygen atoms in total. The molecule has 1 fully saturated rings. The molecule has 3 rings (SSSR count). The van der Waals surface area contributed by atoms with Crippen LogP contribution in [0.4, 0.5) is 20.6 Å².